The predicted octanol–water partition coefficient (Wildman–Crippen LogP) is 1.20. The number of alkyl carbamates (subject to hydrolysis) is 1. The van der Waals surface area contributed by atoms with Crippen LogP contribution in [0.15, 0.2) is 12.4 Å². The van der Waals surface area contributed by atoms with Gasteiger partial charge in [0.15, 0.2) is 0 Å². The first-order chi connectivity index (χ1) is 14.5. The van der Waals surface area contributed by atoms with Gasteiger partial charge in [-0.15, -0.1) is 0 Å². The Morgan fingerprint density at radius 1 is 1.39 bits per heavy atom. The maximum absolute atomic E-state index is 12.8. The number of nitrogens with one attached hydrogen (secondary N) is 2. The van der Waals surface area contributed by atoms with Crippen molar-refractivity contribution in [2.45, 2.75) is 71.2 Å². The molecule has 1 aromatic rings. The fraction of sp³-hybridized carbons (Fsp3) is 0.684. The zero-order valence-electron chi connectivity index (χ0n) is 18.3. The number of aryl methyl sites for hydroxylation is 1. The summed E-state index contributed by atoms with van der Waals surface area (Å²) in [6.45, 7) is 7.87. The van der Waals surface area contributed by atoms with Gasteiger partial charge in [-0.1, -0.05) is 4.98 Å². The van der Waals surface area contributed by atoms with Crippen LogP contribution in [0.2, 0.25) is 0 Å². The minimum atomic E-state index is -0.885. The number of aromatic nitrogens is 2. The van der Waals surface area contributed by atoms with E-state index in [1.165, 1.54) is 23.9 Å². The Morgan fingerprint density at radius 2 is 2.10 bits per heavy atom. The summed E-state index contributed by atoms with van der Waals surface area (Å²) < 4.78 is 6.63. The van der Waals surface area contributed by atoms with E-state index in [0.717, 1.165) is 0 Å². The minimum absolute atomic E-state index is 0.0536. The lowest BCUT2D eigenvalue weighted by Gasteiger charge is -2.24. The maximum atomic E-state index is 12.8. The van der Waals surface area contributed by atoms with Gasteiger partial charge in [0.25, 0.3) is 0 Å². The monoisotopic (exact) mass is 438 g/mol. The fourth-order valence-corrected chi connectivity index (χ4v) is 3.30. The molecule has 1 aromatic heterocycles. The molecule has 1 aliphatic rings. The number of rotatable bonds is 8. The number of ether oxygens (including phenoxy) is 1. The van der Waals surface area contributed by atoms with Gasteiger partial charge in [0.1, 0.15) is 24.0 Å². The van der Waals surface area contributed by atoms with Gasteiger partial charge in [0.2, 0.25) is 11.8 Å². The molecule has 0 saturated carbocycles. The SMILES string of the molecule is CC(=O)N1CC[C@@H](NC(=O)[C@H](CCCn2ccnc2[N+](=O)[O-])NC(=O)OC(C)(C)C)C1. The molecule has 2 rings (SSSR count). The van der Waals surface area contributed by atoms with Crippen molar-refractivity contribution in [3.63, 3.8) is 0 Å². The second-order valence-corrected chi connectivity index (χ2v) is 8.48. The van der Waals surface area contributed by atoms with E-state index >= 15 is 0 Å². The molecule has 12 heteroatoms. The van der Waals surface area contributed by atoms with E-state index in [1.807, 2.05) is 0 Å². The van der Waals surface area contributed by atoms with Crippen molar-refractivity contribution >= 4 is 23.9 Å². The van der Waals surface area contributed by atoms with Crippen molar-refractivity contribution < 1.29 is 24.0 Å². The van der Waals surface area contributed by atoms with Crippen molar-refractivity contribution in [3.05, 3.63) is 22.5 Å². The Kier molecular flexibility index (Phi) is 7.95. The molecule has 2 N–H and O–H groups in total. The van der Waals surface area contributed by atoms with E-state index in [9.17, 15) is 24.5 Å². The molecule has 1 saturated heterocycles. The summed E-state index contributed by atoms with van der Waals surface area (Å²) in [5, 5.41) is 16.5. The van der Waals surface area contributed by atoms with Crippen molar-refractivity contribution in [1.29, 1.82) is 0 Å². The van der Waals surface area contributed by atoms with Gasteiger partial charge in [-0.25, -0.2) is 9.36 Å². The lowest BCUT2D eigenvalue weighted by atomic mass is 10.1. The molecule has 0 spiro atoms. The molecule has 0 bridgehead atoms. The van der Waals surface area contributed by atoms with Crippen molar-refractivity contribution in [2.24, 2.45) is 0 Å². The largest absolute Gasteiger partial charge is 0.444 e. The smallest absolute Gasteiger partial charge is 0.434 e. The molecule has 0 aromatic carbocycles. The lowest BCUT2D eigenvalue weighted by Crippen LogP contribution is -2.51. The van der Waals surface area contributed by atoms with Gasteiger partial charge in [-0.3, -0.25) is 9.59 Å². The quantitative estimate of drug-likeness (QED) is 0.457. The summed E-state index contributed by atoms with van der Waals surface area (Å²) in [5.74, 6) is -0.722. The van der Waals surface area contributed by atoms with Crippen molar-refractivity contribution in [3.8, 4) is 0 Å². The van der Waals surface area contributed by atoms with Crippen LogP contribution >= 0.6 is 0 Å². The first-order valence-electron chi connectivity index (χ1n) is 10.2. The number of nitrogens with zero attached hydrogens (tertiary/aromatic N) is 4. The summed E-state index contributed by atoms with van der Waals surface area (Å²) in [6.07, 6.45) is 3.36. The molecule has 3 amide bonds. The molecule has 0 unspecified atom stereocenters. The summed E-state index contributed by atoms with van der Waals surface area (Å²) in [6, 6.07) is -1.09. The Balaban J connectivity index is 1.99. The first kappa shape index (κ1) is 24.1. The first-order valence-corrected chi connectivity index (χ1v) is 10.2. The molecular formula is C19H30N6O6. The molecule has 2 heterocycles. The fourth-order valence-electron chi connectivity index (χ4n) is 3.30. The van der Waals surface area contributed by atoms with Gasteiger partial charge in [0, 0.05) is 26.1 Å². The van der Waals surface area contributed by atoms with Gasteiger partial charge >= 0.3 is 12.0 Å². The summed E-state index contributed by atoms with van der Waals surface area (Å²) in [7, 11) is 0. The molecule has 1 fully saturated rings. The van der Waals surface area contributed by atoms with Crippen LogP contribution in [0.5, 0.6) is 0 Å². The van der Waals surface area contributed by atoms with Crippen LogP contribution in [0.25, 0.3) is 0 Å². The molecule has 31 heavy (non-hydrogen) atoms. The maximum Gasteiger partial charge on any atom is 0.434 e. The van der Waals surface area contributed by atoms with Crippen LogP contribution in [0.4, 0.5) is 10.7 Å². The highest BCUT2D eigenvalue weighted by atomic mass is 16.6. The van der Waals surface area contributed by atoms with Crippen LogP contribution in [0, 0.1) is 10.1 Å². The van der Waals surface area contributed by atoms with Crippen LogP contribution < -0.4 is 10.6 Å². The van der Waals surface area contributed by atoms with E-state index in [0.29, 0.717) is 25.9 Å². The molecular weight excluding hydrogens is 408 g/mol. The summed E-state index contributed by atoms with van der Waals surface area (Å²) in [4.78, 5) is 52.3. The third kappa shape index (κ3) is 7.54. The number of hydrogen-bond acceptors (Lipinski definition) is 7. The lowest BCUT2D eigenvalue weighted by molar-refractivity contribution is -0.396. The van der Waals surface area contributed by atoms with Crippen LogP contribution in [-0.4, -0.2) is 68.1 Å². The van der Waals surface area contributed by atoms with Crippen molar-refractivity contribution in [1.82, 2.24) is 25.1 Å². The molecule has 0 radical (unpaired) electrons. The zero-order valence-corrected chi connectivity index (χ0v) is 18.3. The normalized spacial score (nSPS) is 17.2. The van der Waals surface area contributed by atoms with Gasteiger partial charge in [-0.05, 0) is 45.0 Å². The standard InChI is InChI=1S/C19H30N6O6/c1-13(26)24-10-7-14(12-24)21-16(27)15(22-18(28)31-19(2,3)4)6-5-9-23-11-8-20-17(23)25(29)30/h8,11,14-15H,5-7,9-10,12H2,1-4H3,(H,21,27)(H,22,28)/t14-,15+/m1/s1. The number of carbonyl (C=O) groups excluding carboxylic acids is 3. The van der Waals surface area contributed by atoms with E-state index in [2.05, 4.69) is 15.6 Å². The molecule has 1 aliphatic heterocycles. The third-order valence-electron chi connectivity index (χ3n) is 4.74. The van der Waals surface area contributed by atoms with E-state index in [-0.39, 0.29) is 36.8 Å². The van der Waals surface area contributed by atoms with E-state index in [4.69, 9.17) is 4.74 Å². The number of imidazole rings is 1. The Bertz CT molecular complexity index is 817. The zero-order chi connectivity index (χ0) is 23.2. The van der Waals surface area contributed by atoms with E-state index in [1.54, 1.807) is 25.7 Å². The van der Waals surface area contributed by atoms with Gasteiger partial charge in [-0.2, -0.15) is 0 Å². The van der Waals surface area contributed by atoms with Crippen LogP contribution in [0.1, 0.15) is 47.0 Å². The second kappa shape index (κ2) is 10.2. The average Bonchev–Trinajstić information content (AvgIpc) is 3.28. The third-order valence-corrected chi connectivity index (χ3v) is 4.74. The number of likely N-dealkylation sites (tertiary alicyclic amines) is 1. The second-order valence-electron chi connectivity index (χ2n) is 8.48. The number of hydrogen-bond donors (Lipinski definition) is 2. The van der Waals surface area contributed by atoms with Gasteiger partial charge in [0.05, 0.1) is 6.54 Å². The van der Waals surface area contributed by atoms with Crippen LogP contribution in [-0.2, 0) is 20.9 Å². The summed E-state index contributed by atoms with van der Waals surface area (Å²) >= 11 is 0. The van der Waals surface area contributed by atoms with Crippen LogP contribution in [0.3, 0.4) is 0 Å². The average molecular weight is 438 g/mol. The van der Waals surface area contributed by atoms with Gasteiger partial charge < -0.3 is 30.4 Å². The minimum Gasteiger partial charge on any atom is -0.444 e. The molecule has 172 valence electrons. The Morgan fingerprint density at radius 3 is 2.68 bits per heavy atom. The molecule has 0 aliphatic carbocycles. The Hall–Kier alpha value is -3.18. The number of nitro groups is 1. The summed E-state index contributed by atoms with van der Waals surface area (Å²) in [5.41, 5.74) is -0.726. The number of carbonyl (C=O) groups is 3. The topological polar surface area (TPSA) is 149 Å². The highest BCUT2D eigenvalue weighted by Gasteiger charge is 2.30. The highest BCUT2D eigenvalue weighted by Crippen LogP contribution is 2.13. The highest BCUT2D eigenvalue weighted by molar-refractivity contribution is 5.86. The van der Waals surface area contributed by atoms with Crippen molar-refractivity contribution in [2.75, 3.05) is 13.1 Å². The predicted molar refractivity (Wildman–Crippen MR) is 110 cm³/mol. The number of amides is 3. The molecule has 12 nitrogen and oxygen atoms in total. The Labute approximate surface area is 180 Å². The van der Waals surface area contributed by atoms with E-state index < -0.39 is 22.7 Å². The molecule has 2 atom stereocenters.